The summed E-state index contributed by atoms with van der Waals surface area (Å²) in [5.41, 5.74) is 6.21. The third kappa shape index (κ3) is 4.57. The Kier molecular flexibility index (Phi) is 5.36. The van der Waals surface area contributed by atoms with Crippen molar-refractivity contribution in [1.29, 1.82) is 0 Å². The number of hydrogen-bond acceptors (Lipinski definition) is 4. The van der Waals surface area contributed by atoms with Gasteiger partial charge in [-0.1, -0.05) is 12.1 Å². The van der Waals surface area contributed by atoms with E-state index in [-0.39, 0.29) is 5.91 Å². The first kappa shape index (κ1) is 16.5. The molecule has 1 amide bonds. The second-order valence-electron chi connectivity index (χ2n) is 5.63. The van der Waals surface area contributed by atoms with Gasteiger partial charge in [0.15, 0.2) is 0 Å². The molecule has 0 aliphatic heterocycles. The lowest BCUT2D eigenvalue weighted by molar-refractivity contribution is 0.0955. The van der Waals surface area contributed by atoms with E-state index in [4.69, 9.17) is 0 Å². The van der Waals surface area contributed by atoms with Crippen LogP contribution in [0.25, 0.3) is 0 Å². The van der Waals surface area contributed by atoms with Crippen molar-refractivity contribution in [1.82, 2.24) is 5.43 Å². The molecule has 0 spiro atoms. The molecule has 0 saturated heterocycles. The van der Waals surface area contributed by atoms with Gasteiger partial charge < -0.3 is 9.80 Å². The predicted molar refractivity (Wildman–Crippen MR) is 96.6 cm³/mol. The SMILES string of the molecule is CN(C)c1ccc(/C=N\NC(=O)c2ccc(N(C)C)cc2)cc1. The highest BCUT2D eigenvalue weighted by molar-refractivity contribution is 5.95. The van der Waals surface area contributed by atoms with Crippen molar-refractivity contribution in [2.75, 3.05) is 38.0 Å². The lowest BCUT2D eigenvalue weighted by Gasteiger charge is -2.12. The number of nitrogens with zero attached hydrogens (tertiary/aromatic N) is 3. The minimum absolute atomic E-state index is 0.225. The number of hydrazone groups is 1. The van der Waals surface area contributed by atoms with Crippen LogP contribution in [0, 0.1) is 0 Å². The molecule has 0 bridgehead atoms. The summed E-state index contributed by atoms with van der Waals surface area (Å²) in [5, 5.41) is 4.00. The van der Waals surface area contributed by atoms with E-state index in [0.29, 0.717) is 5.56 Å². The van der Waals surface area contributed by atoms with Crippen LogP contribution in [0.1, 0.15) is 15.9 Å². The average Bonchev–Trinajstić information content (AvgIpc) is 2.55. The summed E-state index contributed by atoms with van der Waals surface area (Å²) in [4.78, 5) is 16.0. The van der Waals surface area contributed by atoms with E-state index in [1.54, 1.807) is 18.3 Å². The molecule has 0 heterocycles. The summed E-state index contributed by atoms with van der Waals surface area (Å²) < 4.78 is 0. The molecule has 0 aliphatic rings. The maximum absolute atomic E-state index is 12.0. The first-order chi connectivity index (χ1) is 11.0. The van der Waals surface area contributed by atoms with Crippen molar-refractivity contribution in [2.24, 2.45) is 5.10 Å². The molecule has 0 saturated carbocycles. The summed E-state index contributed by atoms with van der Waals surface area (Å²) in [6.07, 6.45) is 1.63. The van der Waals surface area contributed by atoms with Crippen molar-refractivity contribution >= 4 is 23.5 Å². The van der Waals surface area contributed by atoms with Crippen LogP contribution in [0.4, 0.5) is 11.4 Å². The maximum Gasteiger partial charge on any atom is 0.271 e. The minimum atomic E-state index is -0.225. The van der Waals surface area contributed by atoms with Gasteiger partial charge in [-0.15, -0.1) is 0 Å². The Morgan fingerprint density at radius 3 is 1.83 bits per heavy atom. The van der Waals surface area contributed by atoms with Gasteiger partial charge in [-0.2, -0.15) is 5.10 Å². The summed E-state index contributed by atoms with van der Waals surface area (Å²) in [6.45, 7) is 0. The zero-order valence-electron chi connectivity index (χ0n) is 13.9. The van der Waals surface area contributed by atoms with Gasteiger partial charge in [0.2, 0.25) is 0 Å². The number of amides is 1. The molecule has 2 aromatic carbocycles. The van der Waals surface area contributed by atoms with Crippen molar-refractivity contribution in [3.63, 3.8) is 0 Å². The zero-order chi connectivity index (χ0) is 16.8. The number of carbonyl (C=O) groups excluding carboxylic acids is 1. The normalized spacial score (nSPS) is 10.6. The van der Waals surface area contributed by atoms with Crippen LogP contribution >= 0.6 is 0 Å². The van der Waals surface area contributed by atoms with Gasteiger partial charge in [-0.25, -0.2) is 5.43 Å². The number of benzene rings is 2. The molecule has 23 heavy (non-hydrogen) atoms. The van der Waals surface area contributed by atoms with Crippen molar-refractivity contribution in [3.8, 4) is 0 Å². The van der Waals surface area contributed by atoms with E-state index in [2.05, 4.69) is 10.5 Å². The van der Waals surface area contributed by atoms with E-state index < -0.39 is 0 Å². The third-order valence-corrected chi connectivity index (χ3v) is 3.44. The van der Waals surface area contributed by atoms with E-state index in [9.17, 15) is 4.79 Å². The Hall–Kier alpha value is -2.82. The molecule has 0 aromatic heterocycles. The van der Waals surface area contributed by atoms with Crippen LogP contribution in [0.15, 0.2) is 53.6 Å². The second kappa shape index (κ2) is 7.45. The van der Waals surface area contributed by atoms with Crippen molar-refractivity contribution < 1.29 is 4.79 Å². The first-order valence-corrected chi connectivity index (χ1v) is 7.35. The van der Waals surface area contributed by atoms with Crippen molar-refractivity contribution in [3.05, 3.63) is 59.7 Å². The first-order valence-electron chi connectivity index (χ1n) is 7.35. The highest BCUT2D eigenvalue weighted by Gasteiger charge is 2.04. The highest BCUT2D eigenvalue weighted by Crippen LogP contribution is 2.12. The van der Waals surface area contributed by atoms with Crippen LogP contribution in [-0.4, -0.2) is 40.3 Å². The Morgan fingerprint density at radius 1 is 0.870 bits per heavy atom. The van der Waals surface area contributed by atoms with Gasteiger partial charge >= 0.3 is 0 Å². The fourth-order valence-electron chi connectivity index (χ4n) is 2.00. The standard InChI is InChI=1S/C18H22N4O/c1-21(2)16-9-5-14(6-10-16)13-19-20-18(23)15-7-11-17(12-8-15)22(3)4/h5-13H,1-4H3,(H,20,23)/b19-13-. The third-order valence-electron chi connectivity index (χ3n) is 3.44. The molecule has 2 rings (SSSR count). The van der Waals surface area contributed by atoms with Crippen molar-refractivity contribution in [2.45, 2.75) is 0 Å². The average molecular weight is 310 g/mol. The van der Waals surface area contributed by atoms with Crippen LogP contribution in [0.3, 0.4) is 0 Å². The zero-order valence-corrected chi connectivity index (χ0v) is 13.9. The lowest BCUT2D eigenvalue weighted by atomic mass is 10.2. The fraction of sp³-hybridized carbons (Fsp3) is 0.222. The number of nitrogens with one attached hydrogen (secondary N) is 1. The van der Waals surface area contributed by atoms with Gasteiger partial charge in [0.1, 0.15) is 0 Å². The fourth-order valence-corrected chi connectivity index (χ4v) is 2.00. The molecule has 5 heteroatoms. The summed E-state index contributed by atoms with van der Waals surface area (Å²) in [5.74, 6) is -0.225. The van der Waals surface area contributed by atoms with E-state index in [1.807, 2.05) is 74.4 Å². The van der Waals surface area contributed by atoms with Crippen LogP contribution in [0.2, 0.25) is 0 Å². The molecule has 120 valence electrons. The Labute approximate surface area is 137 Å². The Morgan fingerprint density at radius 2 is 1.35 bits per heavy atom. The molecule has 0 fully saturated rings. The van der Waals surface area contributed by atoms with Gasteiger partial charge in [-0.05, 0) is 42.0 Å². The van der Waals surface area contributed by atoms with Crippen LogP contribution in [0.5, 0.6) is 0 Å². The quantitative estimate of drug-likeness (QED) is 0.682. The molecule has 5 nitrogen and oxygen atoms in total. The minimum Gasteiger partial charge on any atom is -0.378 e. The van der Waals surface area contributed by atoms with Gasteiger partial charge in [0.05, 0.1) is 6.21 Å². The maximum atomic E-state index is 12.0. The molecule has 0 aliphatic carbocycles. The topological polar surface area (TPSA) is 47.9 Å². The van der Waals surface area contributed by atoms with E-state index in [1.165, 1.54) is 0 Å². The summed E-state index contributed by atoms with van der Waals surface area (Å²) in [6, 6.07) is 15.3. The molecule has 2 aromatic rings. The molecular weight excluding hydrogens is 288 g/mol. The second-order valence-corrected chi connectivity index (χ2v) is 5.63. The Balaban J connectivity index is 1.95. The highest BCUT2D eigenvalue weighted by atomic mass is 16.2. The van der Waals surface area contributed by atoms with Gasteiger partial charge in [-0.3, -0.25) is 4.79 Å². The van der Waals surface area contributed by atoms with Crippen LogP contribution in [-0.2, 0) is 0 Å². The van der Waals surface area contributed by atoms with Gasteiger partial charge in [0.25, 0.3) is 5.91 Å². The van der Waals surface area contributed by atoms with E-state index in [0.717, 1.165) is 16.9 Å². The summed E-state index contributed by atoms with van der Waals surface area (Å²) >= 11 is 0. The Bertz CT molecular complexity index is 673. The molecule has 0 radical (unpaired) electrons. The number of hydrogen-bond donors (Lipinski definition) is 1. The smallest absolute Gasteiger partial charge is 0.271 e. The number of rotatable bonds is 5. The largest absolute Gasteiger partial charge is 0.378 e. The molecule has 0 atom stereocenters. The molecule has 0 unspecified atom stereocenters. The van der Waals surface area contributed by atoms with Gasteiger partial charge in [0, 0.05) is 45.1 Å². The number of anilines is 2. The van der Waals surface area contributed by atoms with E-state index >= 15 is 0 Å². The number of carbonyl (C=O) groups is 1. The monoisotopic (exact) mass is 310 g/mol. The molecular formula is C18H22N4O. The summed E-state index contributed by atoms with van der Waals surface area (Å²) in [7, 11) is 7.90. The lowest BCUT2D eigenvalue weighted by Crippen LogP contribution is -2.18. The predicted octanol–water partition coefficient (Wildman–Crippen LogP) is 2.58. The van der Waals surface area contributed by atoms with Crippen LogP contribution < -0.4 is 15.2 Å². The molecule has 1 N–H and O–H groups in total.